The first-order valence-electron chi connectivity index (χ1n) is 9.53. The van der Waals surface area contributed by atoms with Crippen LogP contribution in [0.1, 0.15) is 17.1 Å². The van der Waals surface area contributed by atoms with Crippen LogP contribution in [0.5, 0.6) is 0 Å². The Morgan fingerprint density at radius 1 is 1.00 bits per heavy atom. The second kappa shape index (κ2) is 7.63. The molecular formula is C22H20N6O. The smallest absolute Gasteiger partial charge is 0.179 e. The van der Waals surface area contributed by atoms with Crippen molar-refractivity contribution in [2.45, 2.75) is 19.4 Å². The lowest BCUT2D eigenvalue weighted by atomic mass is 10.1. The van der Waals surface area contributed by atoms with E-state index in [2.05, 4.69) is 54.7 Å². The molecular weight excluding hydrogens is 364 g/mol. The molecule has 0 aliphatic heterocycles. The number of benzene rings is 1. The molecule has 0 radical (unpaired) electrons. The van der Waals surface area contributed by atoms with Gasteiger partial charge in [-0.25, -0.2) is 9.97 Å². The maximum absolute atomic E-state index is 5.40. The zero-order chi connectivity index (χ0) is 19.5. The molecule has 0 fully saturated rings. The van der Waals surface area contributed by atoms with Crippen LogP contribution < -0.4 is 5.32 Å². The number of pyridine rings is 1. The molecule has 0 unspecified atom stereocenters. The number of nitrogens with one attached hydrogen (secondary N) is 3. The minimum atomic E-state index is 0.714. The van der Waals surface area contributed by atoms with E-state index < -0.39 is 0 Å². The molecule has 0 bridgehead atoms. The molecule has 5 rings (SSSR count). The molecule has 7 nitrogen and oxygen atoms in total. The van der Waals surface area contributed by atoms with Crippen molar-refractivity contribution in [3.8, 4) is 11.1 Å². The van der Waals surface area contributed by atoms with Gasteiger partial charge < -0.3 is 14.7 Å². The Morgan fingerprint density at radius 3 is 2.72 bits per heavy atom. The first-order chi connectivity index (χ1) is 14.3. The highest BCUT2D eigenvalue weighted by Gasteiger charge is 2.09. The number of imidazole rings is 1. The molecule has 0 atom stereocenters. The SMILES string of the molecule is c1coc(CCc2nc3nccc(NCc4ccc(-c5cn[nH]c5)cc4)c3[nH]2)c1. The number of aromatic amines is 2. The van der Waals surface area contributed by atoms with Gasteiger partial charge in [-0.2, -0.15) is 5.10 Å². The van der Waals surface area contributed by atoms with Crippen molar-refractivity contribution in [1.82, 2.24) is 25.1 Å². The summed E-state index contributed by atoms with van der Waals surface area (Å²) < 4.78 is 5.40. The summed E-state index contributed by atoms with van der Waals surface area (Å²) in [6.45, 7) is 0.714. The van der Waals surface area contributed by atoms with Crippen LogP contribution in [0.15, 0.2) is 71.7 Å². The van der Waals surface area contributed by atoms with E-state index >= 15 is 0 Å². The van der Waals surface area contributed by atoms with Crippen LogP contribution in [-0.4, -0.2) is 25.1 Å². The molecule has 0 amide bonds. The molecule has 3 N–H and O–H groups in total. The van der Waals surface area contributed by atoms with E-state index in [0.29, 0.717) is 6.54 Å². The lowest BCUT2D eigenvalue weighted by Gasteiger charge is -2.08. The van der Waals surface area contributed by atoms with Crippen molar-refractivity contribution in [1.29, 1.82) is 0 Å². The van der Waals surface area contributed by atoms with Crippen molar-refractivity contribution >= 4 is 16.9 Å². The van der Waals surface area contributed by atoms with Crippen molar-refractivity contribution < 1.29 is 4.42 Å². The highest BCUT2D eigenvalue weighted by atomic mass is 16.3. The van der Waals surface area contributed by atoms with Gasteiger partial charge in [0.15, 0.2) is 5.65 Å². The van der Waals surface area contributed by atoms with Crippen LogP contribution >= 0.6 is 0 Å². The summed E-state index contributed by atoms with van der Waals surface area (Å²) >= 11 is 0. The summed E-state index contributed by atoms with van der Waals surface area (Å²) in [4.78, 5) is 12.4. The predicted octanol–water partition coefficient (Wildman–Crippen LogP) is 4.34. The van der Waals surface area contributed by atoms with Gasteiger partial charge >= 0.3 is 0 Å². The third-order valence-electron chi connectivity index (χ3n) is 4.90. The van der Waals surface area contributed by atoms with Gasteiger partial charge in [0.05, 0.1) is 18.1 Å². The number of H-pyrrole nitrogens is 2. The summed E-state index contributed by atoms with van der Waals surface area (Å²) in [5.74, 6) is 1.86. The zero-order valence-corrected chi connectivity index (χ0v) is 15.7. The average Bonchev–Trinajstić information content (AvgIpc) is 3.52. The number of hydrogen-bond donors (Lipinski definition) is 3. The lowest BCUT2D eigenvalue weighted by Crippen LogP contribution is -2.00. The number of anilines is 1. The predicted molar refractivity (Wildman–Crippen MR) is 111 cm³/mol. The van der Waals surface area contributed by atoms with Crippen molar-refractivity contribution in [2.75, 3.05) is 5.32 Å². The standard InChI is InChI=1S/C22H20N6O/c1-2-18(29-11-1)7-8-20-27-21-19(9-10-23-22(21)28-20)24-12-15-3-5-16(6-4-15)17-13-25-26-14-17/h1-6,9-11,13-14H,7-8,12H2,(H,25,26)(H2,23,24,27,28). The normalized spacial score (nSPS) is 11.2. The Balaban J connectivity index is 1.28. The van der Waals surface area contributed by atoms with Gasteiger partial charge in [0, 0.05) is 37.3 Å². The molecule has 29 heavy (non-hydrogen) atoms. The molecule has 0 saturated heterocycles. The van der Waals surface area contributed by atoms with Crippen molar-refractivity contribution in [3.05, 3.63) is 84.5 Å². The number of furan rings is 1. The van der Waals surface area contributed by atoms with Crippen LogP contribution in [0.4, 0.5) is 5.69 Å². The topological polar surface area (TPSA) is 95.4 Å². The van der Waals surface area contributed by atoms with Crippen LogP contribution in [-0.2, 0) is 19.4 Å². The second-order valence-corrected chi connectivity index (χ2v) is 6.86. The number of aryl methyl sites for hydroxylation is 2. The minimum absolute atomic E-state index is 0.714. The van der Waals surface area contributed by atoms with E-state index in [1.54, 1.807) is 12.5 Å². The maximum Gasteiger partial charge on any atom is 0.179 e. The van der Waals surface area contributed by atoms with Crippen LogP contribution in [0.2, 0.25) is 0 Å². The zero-order valence-electron chi connectivity index (χ0n) is 15.7. The maximum atomic E-state index is 5.40. The van der Waals surface area contributed by atoms with Crippen molar-refractivity contribution in [2.24, 2.45) is 0 Å². The molecule has 0 saturated carbocycles. The fourth-order valence-electron chi connectivity index (χ4n) is 3.34. The van der Waals surface area contributed by atoms with E-state index in [9.17, 15) is 0 Å². The van der Waals surface area contributed by atoms with E-state index in [0.717, 1.165) is 52.4 Å². The Labute approximate surface area is 167 Å². The molecule has 1 aromatic carbocycles. The largest absolute Gasteiger partial charge is 0.469 e. The summed E-state index contributed by atoms with van der Waals surface area (Å²) in [5, 5.41) is 10.3. The lowest BCUT2D eigenvalue weighted by molar-refractivity contribution is 0.507. The second-order valence-electron chi connectivity index (χ2n) is 6.86. The number of rotatable bonds is 7. The van der Waals surface area contributed by atoms with Gasteiger partial charge in [-0.1, -0.05) is 24.3 Å². The third kappa shape index (κ3) is 3.75. The Bertz CT molecular complexity index is 1190. The number of fused-ring (bicyclic) bond motifs is 1. The average molecular weight is 384 g/mol. The van der Waals surface area contributed by atoms with Crippen molar-refractivity contribution in [3.63, 3.8) is 0 Å². The van der Waals surface area contributed by atoms with Gasteiger partial charge in [-0.15, -0.1) is 0 Å². The number of hydrogen-bond acceptors (Lipinski definition) is 5. The molecule has 0 aliphatic rings. The molecule has 0 spiro atoms. The number of nitrogens with zero attached hydrogens (tertiary/aromatic N) is 3. The molecule has 144 valence electrons. The fraction of sp³-hybridized carbons (Fsp3) is 0.136. The van der Waals surface area contributed by atoms with Gasteiger partial charge in [0.1, 0.15) is 17.1 Å². The quantitative estimate of drug-likeness (QED) is 0.388. The van der Waals surface area contributed by atoms with Gasteiger partial charge in [0.2, 0.25) is 0 Å². The first kappa shape index (κ1) is 17.2. The van der Waals surface area contributed by atoms with E-state index in [-0.39, 0.29) is 0 Å². The molecule has 5 aromatic rings. The fourth-order valence-corrected chi connectivity index (χ4v) is 3.34. The van der Waals surface area contributed by atoms with E-state index in [1.165, 1.54) is 5.56 Å². The van der Waals surface area contributed by atoms with Crippen LogP contribution in [0.25, 0.3) is 22.3 Å². The minimum Gasteiger partial charge on any atom is -0.469 e. The summed E-state index contributed by atoms with van der Waals surface area (Å²) in [6, 6.07) is 14.3. The summed E-state index contributed by atoms with van der Waals surface area (Å²) in [7, 11) is 0. The number of aromatic nitrogens is 5. The van der Waals surface area contributed by atoms with E-state index in [4.69, 9.17) is 4.42 Å². The Hall–Kier alpha value is -3.87. The van der Waals surface area contributed by atoms with Gasteiger partial charge in [-0.3, -0.25) is 5.10 Å². The highest BCUT2D eigenvalue weighted by molar-refractivity contribution is 5.85. The molecule has 7 heteroatoms. The van der Waals surface area contributed by atoms with Crippen LogP contribution in [0.3, 0.4) is 0 Å². The highest BCUT2D eigenvalue weighted by Crippen LogP contribution is 2.22. The third-order valence-corrected chi connectivity index (χ3v) is 4.90. The van der Waals surface area contributed by atoms with E-state index in [1.807, 2.05) is 30.6 Å². The summed E-state index contributed by atoms with van der Waals surface area (Å²) in [6.07, 6.45) is 8.77. The molecule has 4 heterocycles. The van der Waals surface area contributed by atoms with Gasteiger partial charge in [-0.05, 0) is 29.3 Å². The molecule has 0 aliphatic carbocycles. The van der Waals surface area contributed by atoms with Gasteiger partial charge in [0.25, 0.3) is 0 Å². The first-order valence-corrected chi connectivity index (χ1v) is 9.53. The summed E-state index contributed by atoms with van der Waals surface area (Å²) in [5.41, 5.74) is 6.06. The Morgan fingerprint density at radius 2 is 1.93 bits per heavy atom. The monoisotopic (exact) mass is 384 g/mol. The Kier molecular flexibility index (Phi) is 4.54. The van der Waals surface area contributed by atoms with Crippen LogP contribution in [0, 0.1) is 0 Å². The molecule has 4 aromatic heterocycles.